The van der Waals surface area contributed by atoms with Crippen LogP contribution in [0.4, 0.5) is 0 Å². The molecule has 0 spiro atoms. The number of ether oxygens (including phenoxy) is 2. The van der Waals surface area contributed by atoms with Crippen LogP contribution < -0.4 is 4.74 Å². The number of carbonyl (C=O) groups is 1. The van der Waals surface area contributed by atoms with E-state index in [1.54, 1.807) is 18.6 Å². The zero-order valence-corrected chi connectivity index (χ0v) is 16.8. The van der Waals surface area contributed by atoms with E-state index in [9.17, 15) is 4.79 Å². The van der Waals surface area contributed by atoms with Gasteiger partial charge < -0.3 is 14.0 Å². The lowest BCUT2D eigenvalue weighted by molar-refractivity contribution is 0.0322. The minimum absolute atomic E-state index is 0.0296. The average molecular weight is 403 g/mol. The second kappa shape index (κ2) is 10.0. The molecule has 4 rings (SSSR count). The molecule has 1 fully saturated rings. The number of imidazole rings is 1. The molecule has 6 heteroatoms. The summed E-state index contributed by atoms with van der Waals surface area (Å²) >= 11 is 0. The number of benzene rings is 2. The molecule has 1 aliphatic heterocycles. The van der Waals surface area contributed by atoms with Crippen molar-refractivity contribution in [3.05, 3.63) is 84.5 Å². The number of rotatable bonds is 8. The largest absolute Gasteiger partial charge is 0.492 e. The van der Waals surface area contributed by atoms with E-state index in [1.165, 1.54) is 0 Å². The summed E-state index contributed by atoms with van der Waals surface area (Å²) in [5.41, 5.74) is 2.58. The summed E-state index contributed by atoms with van der Waals surface area (Å²) in [6.07, 6.45) is 8.74. The highest BCUT2D eigenvalue weighted by atomic mass is 16.5. The summed E-state index contributed by atoms with van der Waals surface area (Å²) in [6.45, 7) is 5.09. The number of nitrogens with zero attached hydrogens (tertiary/aromatic N) is 3. The summed E-state index contributed by atoms with van der Waals surface area (Å²) in [5, 5.41) is 0. The van der Waals surface area contributed by atoms with E-state index in [0.717, 1.165) is 49.8 Å². The van der Waals surface area contributed by atoms with Gasteiger partial charge in [-0.3, -0.25) is 9.69 Å². The highest BCUT2D eigenvalue weighted by Crippen LogP contribution is 2.15. The topological polar surface area (TPSA) is 56.6 Å². The molecule has 2 heterocycles. The minimum Gasteiger partial charge on any atom is -0.492 e. The standard InChI is InChI=1S/C24H25N3O3/c28-24(21-4-6-22(7-5-21)27-12-11-25-19-27)10-3-20-1-8-23(9-2-20)30-18-15-26-13-16-29-17-14-26/h1-12,19H,13-18H2/b10-3+. The first-order valence-electron chi connectivity index (χ1n) is 10.1. The number of carbonyl (C=O) groups excluding carboxylic acids is 1. The molecule has 1 aromatic heterocycles. The SMILES string of the molecule is O=C(/C=C/c1ccc(OCCN2CCOCC2)cc1)c1ccc(-n2ccnc2)cc1. The van der Waals surface area contributed by atoms with Gasteiger partial charge in [0.05, 0.1) is 19.5 Å². The number of aromatic nitrogens is 2. The molecule has 0 bridgehead atoms. The van der Waals surface area contributed by atoms with Crippen LogP contribution in [-0.4, -0.2) is 59.7 Å². The first kappa shape index (κ1) is 20.1. The van der Waals surface area contributed by atoms with Gasteiger partial charge in [-0.1, -0.05) is 18.2 Å². The minimum atomic E-state index is -0.0296. The Balaban J connectivity index is 1.27. The molecule has 1 aliphatic rings. The van der Waals surface area contributed by atoms with E-state index in [4.69, 9.17) is 9.47 Å². The Morgan fingerprint density at radius 2 is 1.83 bits per heavy atom. The molecule has 0 aliphatic carbocycles. The maximum Gasteiger partial charge on any atom is 0.185 e. The Kier molecular flexibility index (Phi) is 6.69. The summed E-state index contributed by atoms with van der Waals surface area (Å²) < 4.78 is 13.1. The molecule has 1 saturated heterocycles. The maximum absolute atomic E-state index is 12.4. The number of allylic oxidation sites excluding steroid dienone is 1. The Labute approximate surface area is 176 Å². The highest BCUT2D eigenvalue weighted by molar-refractivity contribution is 6.06. The number of hydrogen-bond acceptors (Lipinski definition) is 5. The normalized spacial score (nSPS) is 14.8. The molecule has 0 N–H and O–H groups in total. The van der Waals surface area contributed by atoms with Gasteiger partial charge in [0.15, 0.2) is 5.78 Å². The van der Waals surface area contributed by atoms with Crippen molar-refractivity contribution in [1.82, 2.24) is 14.5 Å². The molecule has 0 saturated carbocycles. The second-order valence-electron chi connectivity index (χ2n) is 7.09. The smallest absolute Gasteiger partial charge is 0.185 e. The van der Waals surface area contributed by atoms with Crippen LogP contribution in [0.2, 0.25) is 0 Å². The number of hydrogen-bond donors (Lipinski definition) is 0. The van der Waals surface area contributed by atoms with E-state index < -0.39 is 0 Å². The average Bonchev–Trinajstić information content (AvgIpc) is 3.34. The van der Waals surface area contributed by atoms with Gasteiger partial charge in [-0.05, 0) is 48.0 Å². The van der Waals surface area contributed by atoms with Gasteiger partial charge in [-0.15, -0.1) is 0 Å². The van der Waals surface area contributed by atoms with Crippen LogP contribution in [0.15, 0.2) is 73.3 Å². The van der Waals surface area contributed by atoms with E-state index in [2.05, 4.69) is 9.88 Å². The molecule has 0 amide bonds. The third-order valence-corrected chi connectivity index (χ3v) is 5.04. The summed E-state index contributed by atoms with van der Waals surface area (Å²) in [7, 11) is 0. The van der Waals surface area contributed by atoms with Gasteiger partial charge in [0.1, 0.15) is 12.4 Å². The van der Waals surface area contributed by atoms with Crippen LogP contribution in [0.1, 0.15) is 15.9 Å². The molecule has 6 nitrogen and oxygen atoms in total. The zero-order chi connectivity index (χ0) is 20.6. The summed E-state index contributed by atoms with van der Waals surface area (Å²) in [6, 6.07) is 15.2. The molecule has 0 atom stereocenters. The Bertz CT molecular complexity index is 958. The first-order chi connectivity index (χ1) is 14.8. The van der Waals surface area contributed by atoms with Gasteiger partial charge >= 0.3 is 0 Å². The fraction of sp³-hybridized carbons (Fsp3) is 0.250. The number of ketones is 1. The first-order valence-corrected chi connectivity index (χ1v) is 10.1. The predicted molar refractivity (Wildman–Crippen MR) is 116 cm³/mol. The van der Waals surface area contributed by atoms with Crippen molar-refractivity contribution in [1.29, 1.82) is 0 Å². The van der Waals surface area contributed by atoms with Gasteiger partial charge in [-0.25, -0.2) is 4.98 Å². The van der Waals surface area contributed by atoms with Crippen molar-refractivity contribution in [2.45, 2.75) is 0 Å². The van der Waals surface area contributed by atoms with Gasteiger partial charge in [-0.2, -0.15) is 0 Å². The molecule has 3 aromatic rings. The van der Waals surface area contributed by atoms with Crippen molar-refractivity contribution in [2.24, 2.45) is 0 Å². The van der Waals surface area contributed by atoms with E-state index >= 15 is 0 Å². The summed E-state index contributed by atoms with van der Waals surface area (Å²) in [5.74, 6) is 0.805. The molecular formula is C24H25N3O3. The van der Waals surface area contributed by atoms with Crippen molar-refractivity contribution in [3.8, 4) is 11.4 Å². The van der Waals surface area contributed by atoms with Crippen LogP contribution in [0.5, 0.6) is 5.75 Å². The third kappa shape index (κ3) is 5.43. The summed E-state index contributed by atoms with van der Waals surface area (Å²) in [4.78, 5) is 18.8. The molecular weight excluding hydrogens is 378 g/mol. The van der Waals surface area contributed by atoms with Crippen LogP contribution in [0.3, 0.4) is 0 Å². The van der Waals surface area contributed by atoms with Gasteiger partial charge in [0, 0.05) is 43.3 Å². The quantitative estimate of drug-likeness (QED) is 0.426. The highest BCUT2D eigenvalue weighted by Gasteiger charge is 2.09. The molecule has 154 valence electrons. The lowest BCUT2D eigenvalue weighted by atomic mass is 10.1. The van der Waals surface area contributed by atoms with E-state index in [0.29, 0.717) is 12.2 Å². The van der Waals surface area contributed by atoms with Crippen LogP contribution >= 0.6 is 0 Å². The lowest BCUT2D eigenvalue weighted by Crippen LogP contribution is -2.38. The second-order valence-corrected chi connectivity index (χ2v) is 7.09. The van der Waals surface area contributed by atoms with Crippen molar-refractivity contribution < 1.29 is 14.3 Å². The predicted octanol–water partition coefficient (Wildman–Crippen LogP) is 3.48. The maximum atomic E-state index is 12.4. The fourth-order valence-corrected chi connectivity index (χ4v) is 3.27. The lowest BCUT2D eigenvalue weighted by Gasteiger charge is -2.26. The van der Waals surface area contributed by atoms with Crippen LogP contribution in [0, 0.1) is 0 Å². The van der Waals surface area contributed by atoms with Crippen molar-refractivity contribution >= 4 is 11.9 Å². The van der Waals surface area contributed by atoms with Gasteiger partial charge in [0.25, 0.3) is 0 Å². The van der Waals surface area contributed by atoms with Crippen LogP contribution in [-0.2, 0) is 4.74 Å². The van der Waals surface area contributed by atoms with E-state index in [1.807, 2.05) is 65.4 Å². The third-order valence-electron chi connectivity index (χ3n) is 5.04. The van der Waals surface area contributed by atoms with Crippen molar-refractivity contribution in [2.75, 3.05) is 39.5 Å². The molecule has 2 aromatic carbocycles. The molecule has 0 radical (unpaired) electrons. The molecule has 30 heavy (non-hydrogen) atoms. The zero-order valence-electron chi connectivity index (χ0n) is 16.8. The number of morpholine rings is 1. The molecule has 0 unspecified atom stereocenters. The van der Waals surface area contributed by atoms with Gasteiger partial charge in [0.2, 0.25) is 0 Å². The monoisotopic (exact) mass is 403 g/mol. The fourth-order valence-electron chi connectivity index (χ4n) is 3.27. The van der Waals surface area contributed by atoms with Crippen LogP contribution in [0.25, 0.3) is 11.8 Å². The Morgan fingerprint density at radius 1 is 1.07 bits per heavy atom. The Hall–Kier alpha value is -3.22. The van der Waals surface area contributed by atoms with Crippen molar-refractivity contribution in [3.63, 3.8) is 0 Å². The van der Waals surface area contributed by atoms with E-state index in [-0.39, 0.29) is 5.78 Å². The Morgan fingerprint density at radius 3 is 2.53 bits per heavy atom.